The molecule has 0 aliphatic rings. The molecule has 2 rings (SSSR count). The first-order valence-electron chi connectivity index (χ1n) is 8.28. The van der Waals surface area contributed by atoms with Crippen LogP contribution in [0.25, 0.3) is 0 Å². The molecule has 26 heavy (non-hydrogen) atoms. The van der Waals surface area contributed by atoms with Crippen LogP contribution in [0.1, 0.15) is 31.4 Å². The average Bonchev–Trinajstić information content (AvgIpc) is 2.58. The quantitative estimate of drug-likeness (QED) is 0.621. The third kappa shape index (κ3) is 5.42. The van der Waals surface area contributed by atoms with Gasteiger partial charge in [0.05, 0.1) is 5.02 Å². The van der Waals surface area contributed by atoms with Gasteiger partial charge >= 0.3 is 0 Å². The molecule has 0 unspecified atom stereocenters. The summed E-state index contributed by atoms with van der Waals surface area (Å²) in [7, 11) is 0. The van der Waals surface area contributed by atoms with Crippen LogP contribution in [0.4, 0.5) is 4.39 Å². The lowest BCUT2D eigenvalue weighted by Gasteiger charge is -2.24. The van der Waals surface area contributed by atoms with Gasteiger partial charge in [0.2, 0.25) is 5.91 Å². The maximum absolute atomic E-state index is 15.1. The summed E-state index contributed by atoms with van der Waals surface area (Å²) in [5, 5.41) is 12.6. The van der Waals surface area contributed by atoms with Crippen molar-refractivity contribution >= 4 is 17.5 Å². The van der Waals surface area contributed by atoms with Crippen LogP contribution in [0.3, 0.4) is 0 Å². The molecule has 0 spiro atoms. The fourth-order valence-corrected chi connectivity index (χ4v) is 2.86. The minimum absolute atomic E-state index is 0.0809. The molecule has 0 aliphatic carbocycles. The van der Waals surface area contributed by atoms with Gasteiger partial charge in [0, 0.05) is 30.7 Å². The van der Waals surface area contributed by atoms with Crippen molar-refractivity contribution in [3.8, 4) is 11.5 Å². The van der Waals surface area contributed by atoms with E-state index >= 15 is 4.39 Å². The molecule has 0 aromatic heterocycles. The summed E-state index contributed by atoms with van der Waals surface area (Å²) in [5.74, 6) is -0.696. The van der Waals surface area contributed by atoms with Crippen LogP contribution in [-0.4, -0.2) is 23.7 Å². The van der Waals surface area contributed by atoms with Crippen molar-refractivity contribution in [2.24, 2.45) is 5.73 Å². The van der Waals surface area contributed by atoms with E-state index in [1.165, 1.54) is 0 Å². The van der Waals surface area contributed by atoms with E-state index in [0.717, 1.165) is 0 Å². The molecule has 2 atom stereocenters. The zero-order chi connectivity index (χ0) is 19.1. The van der Waals surface area contributed by atoms with E-state index in [-0.39, 0.29) is 36.3 Å². The number of carbonyl (C=O) groups excluding carboxylic acids is 1. The van der Waals surface area contributed by atoms with Gasteiger partial charge in [0.15, 0.2) is 11.6 Å². The monoisotopic (exact) mass is 380 g/mol. The van der Waals surface area contributed by atoms with Crippen LogP contribution in [-0.2, 0) is 4.79 Å². The second-order valence-electron chi connectivity index (χ2n) is 6.00. The average molecular weight is 381 g/mol. The van der Waals surface area contributed by atoms with E-state index in [2.05, 4.69) is 5.32 Å². The number of benzene rings is 2. The zero-order valence-electron chi connectivity index (χ0n) is 14.4. The van der Waals surface area contributed by atoms with Gasteiger partial charge in [-0.25, -0.2) is 4.39 Å². The van der Waals surface area contributed by atoms with Crippen LogP contribution >= 0.6 is 11.6 Å². The Morgan fingerprint density at radius 3 is 2.62 bits per heavy atom. The third-order valence-corrected chi connectivity index (χ3v) is 4.13. The molecule has 0 radical (unpaired) electrons. The largest absolute Gasteiger partial charge is 0.453 e. The molecule has 5 nitrogen and oxygen atoms in total. The van der Waals surface area contributed by atoms with E-state index in [0.29, 0.717) is 11.3 Å². The number of aliphatic hydroxyl groups excluding tert-OH is 1. The summed E-state index contributed by atoms with van der Waals surface area (Å²) in [6.07, 6.45) is 0.358. The molecule has 4 N–H and O–H groups in total. The molecule has 0 fully saturated rings. The minimum atomic E-state index is -0.612. The highest BCUT2D eigenvalue weighted by atomic mass is 35.5. The van der Waals surface area contributed by atoms with E-state index in [1.54, 1.807) is 43.3 Å². The number of primary amides is 1. The molecule has 2 aromatic rings. The van der Waals surface area contributed by atoms with Crippen molar-refractivity contribution in [1.82, 2.24) is 5.32 Å². The smallest absolute Gasteiger partial charge is 0.218 e. The van der Waals surface area contributed by atoms with Crippen LogP contribution in [0.15, 0.2) is 42.5 Å². The Labute approximate surface area is 156 Å². The topological polar surface area (TPSA) is 84.6 Å². The number of carbonyl (C=O) groups is 1. The Hall–Kier alpha value is -2.15. The number of amides is 1. The van der Waals surface area contributed by atoms with Crippen molar-refractivity contribution in [2.45, 2.75) is 31.8 Å². The Kier molecular flexibility index (Phi) is 7.38. The molecular weight excluding hydrogens is 359 g/mol. The summed E-state index contributed by atoms with van der Waals surface area (Å²) in [6, 6.07) is 11.0. The van der Waals surface area contributed by atoms with Crippen LogP contribution < -0.4 is 15.8 Å². The number of nitrogens with one attached hydrogen (secondary N) is 1. The fraction of sp³-hybridized carbons (Fsp3) is 0.316. The predicted molar refractivity (Wildman–Crippen MR) is 98.8 cm³/mol. The summed E-state index contributed by atoms with van der Waals surface area (Å²) in [5.41, 5.74) is 5.50. The first-order valence-corrected chi connectivity index (χ1v) is 8.66. The number of nitrogens with two attached hydrogens (primary N) is 1. The van der Waals surface area contributed by atoms with Gasteiger partial charge in [-0.05, 0) is 31.5 Å². The van der Waals surface area contributed by atoms with Crippen molar-refractivity contribution < 1.29 is 19.0 Å². The second-order valence-corrected chi connectivity index (χ2v) is 6.41. The van der Waals surface area contributed by atoms with Gasteiger partial charge in [-0.2, -0.15) is 0 Å². The van der Waals surface area contributed by atoms with E-state index in [9.17, 15) is 9.90 Å². The minimum Gasteiger partial charge on any atom is -0.453 e. The lowest BCUT2D eigenvalue weighted by atomic mass is 10.0. The lowest BCUT2D eigenvalue weighted by molar-refractivity contribution is -0.118. The van der Waals surface area contributed by atoms with Crippen LogP contribution in [0.2, 0.25) is 5.02 Å². The van der Waals surface area contributed by atoms with Gasteiger partial charge < -0.3 is 20.9 Å². The molecule has 0 saturated carbocycles. The van der Waals surface area contributed by atoms with Gasteiger partial charge in [-0.1, -0.05) is 35.9 Å². The van der Waals surface area contributed by atoms with E-state index in [4.69, 9.17) is 22.1 Å². The molecule has 0 saturated heterocycles. The molecule has 0 heterocycles. The standard InChI is InChI=1S/C19H22ClFN2O3/c1-12(11-17(22)25)23-16(9-10-24)14-7-8-15(20)19(18(14)21)26-13-5-3-2-4-6-13/h2-8,12,16,23-24H,9-11H2,1H3,(H2,22,25)/t12-,16+/m0/s1. The Morgan fingerprint density at radius 2 is 2.00 bits per heavy atom. The Bertz CT molecular complexity index is 743. The van der Waals surface area contributed by atoms with Gasteiger partial charge in [-0.15, -0.1) is 0 Å². The maximum atomic E-state index is 15.1. The van der Waals surface area contributed by atoms with Crippen LogP contribution in [0.5, 0.6) is 11.5 Å². The zero-order valence-corrected chi connectivity index (χ0v) is 15.2. The highest BCUT2D eigenvalue weighted by molar-refractivity contribution is 6.32. The molecule has 2 aromatic carbocycles. The molecule has 140 valence electrons. The number of para-hydroxylation sites is 1. The summed E-state index contributed by atoms with van der Waals surface area (Å²) in [4.78, 5) is 11.1. The summed E-state index contributed by atoms with van der Waals surface area (Å²) >= 11 is 6.11. The van der Waals surface area contributed by atoms with Gasteiger partial charge in [-0.3, -0.25) is 4.79 Å². The summed E-state index contributed by atoms with van der Waals surface area (Å²) in [6.45, 7) is 1.61. The van der Waals surface area contributed by atoms with E-state index < -0.39 is 17.8 Å². The van der Waals surface area contributed by atoms with Gasteiger partial charge in [0.1, 0.15) is 5.75 Å². The molecule has 7 heteroatoms. The van der Waals surface area contributed by atoms with Gasteiger partial charge in [0.25, 0.3) is 0 Å². The second kappa shape index (κ2) is 9.52. The molecule has 1 amide bonds. The number of rotatable bonds is 9. The number of hydrogen-bond acceptors (Lipinski definition) is 4. The third-order valence-electron chi connectivity index (χ3n) is 3.83. The Morgan fingerprint density at radius 1 is 1.31 bits per heavy atom. The first kappa shape index (κ1) is 20.2. The summed E-state index contributed by atoms with van der Waals surface area (Å²) < 4.78 is 20.7. The fourth-order valence-electron chi connectivity index (χ4n) is 2.68. The SMILES string of the molecule is C[C@@H](CC(N)=O)N[C@H](CCO)c1ccc(Cl)c(Oc2ccccc2)c1F. The van der Waals surface area contributed by atoms with Crippen molar-refractivity contribution in [3.63, 3.8) is 0 Å². The van der Waals surface area contributed by atoms with Crippen molar-refractivity contribution in [2.75, 3.05) is 6.61 Å². The highest BCUT2D eigenvalue weighted by Crippen LogP contribution is 2.36. The number of aliphatic hydroxyl groups is 1. The van der Waals surface area contributed by atoms with Crippen LogP contribution in [0, 0.1) is 5.82 Å². The lowest BCUT2D eigenvalue weighted by Crippen LogP contribution is -2.35. The predicted octanol–water partition coefficient (Wildman–Crippen LogP) is 3.55. The molecular formula is C19H22ClFN2O3. The normalized spacial score (nSPS) is 13.2. The van der Waals surface area contributed by atoms with Crippen molar-refractivity contribution in [1.29, 1.82) is 0 Å². The number of ether oxygens (including phenoxy) is 1. The number of hydrogen-bond donors (Lipinski definition) is 3. The van der Waals surface area contributed by atoms with E-state index in [1.807, 2.05) is 6.07 Å². The maximum Gasteiger partial charge on any atom is 0.218 e. The molecule has 0 bridgehead atoms. The Balaban J connectivity index is 2.31. The highest BCUT2D eigenvalue weighted by Gasteiger charge is 2.23. The molecule has 0 aliphatic heterocycles. The first-order chi connectivity index (χ1) is 12.4. The van der Waals surface area contributed by atoms with Crippen molar-refractivity contribution in [3.05, 3.63) is 58.9 Å². The number of halogens is 2.